The Hall–Kier alpha value is -1.16. The maximum absolute atomic E-state index is 12.4. The first-order chi connectivity index (χ1) is 6.19. The summed E-state index contributed by atoms with van der Waals surface area (Å²) in [6.45, 7) is -0.246. The molecule has 1 N–H and O–H groups in total. The number of methoxy groups -OCH3 is 1. The first-order valence-corrected chi connectivity index (χ1v) is 3.75. The summed E-state index contributed by atoms with van der Waals surface area (Å²) in [6, 6.07) is 4.21. The molecule has 0 aliphatic rings. The predicted octanol–water partition coefficient (Wildman–Crippen LogP) is 2.13. The van der Waals surface area contributed by atoms with Crippen molar-refractivity contribution < 1.29 is 18.6 Å². The van der Waals surface area contributed by atoms with E-state index >= 15 is 0 Å². The number of halogens is 2. The summed E-state index contributed by atoms with van der Waals surface area (Å²) in [5.74, 6) is 0.146. The van der Waals surface area contributed by atoms with Crippen LogP contribution >= 0.6 is 0 Å². The predicted molar refractivity (Wildman–Crippen MR) is 43.9 cm³/mol. The molecule has 0 saturated carbocycles. The van der Waals surface area contributed by atoms with Gasteiger partial charge < -0.3 is 9.84 Å². The molecular formula is C9H10F2O2. The highest BCUT2D eigenvalue weighted by atomic mass is 19.3. The molecule has 2 nitrogen and oxygen atoms in total. The second kappa shape index (κ2) is 4.18. The SMILES string of the molecule is COc1ccc(CO)cc1C(F)F. The molecule has 1 aromatic rings. The van der Waals surface area contributed by atoms with Crippen LogP contribution in [0.2, 0.25) is 0 Å². The van der Waals surface area contributed by atoms with Crippen molar-refractivity contribution in [1.82, 2.24) is 0 Å². The number of hydrogen-bond acceptors (Lipinski definition) is 2. The smallest absolute Gasteiger partial charge is 0.267 e. The molecule has 0 bridgehead atoms. The topological polar surface area (TPSA) is 29.5 Å². The van der Waals surface area contributed by atoms with E-state index in [2.05, 4.69) is 0 Å². The number of rotatable bonds is 3. The zero-order chi connectivity index (χ0) is 9.84. The van der Waals surface area contributed by atoms with Crippen LogP contribution in [0.1, 0.15) is 17.6 Å². The summed E-state index contributed by atoms with van der Waals surface area (Å²) < 4.78 is 29.5. The minimum atomic E-state index is -2.58. The molecule has 0 fully saturated rings. The van der Waals surface area contributed by atoms with E-state index in [9.17, 15) is 8.78 Å². The van der Waals surface area contributed by atoms with E-state index in [1.54, 1.807) is 6.07 Å². The summed E-state index contributed by atoms with van der Waals surface area (Å²) in [5.41, 5.74) is 0.269. The van der Waals surface area contributed by atoms with Crippen molar-refractivity contribution in [2.75, 3.05) is 7.11 Å². The van der Waals surface area contributed by atoms with Gasteiger partial charge in [0.25, 0.3) is 6.43 Å². The fourth-order valence-corrected chi connectivity index (χ4v) is 1.05. The van der Waals surface area contributed by atoms with Crippen molar-refractivity contribution in [2.24, 2.45) is 0 Å². The molecule has 0 amide bonds. The van der Waals surface area contributed by atoms with E-state index < -0.39 is 6.43 Å². The van der Waals surface area contributed by atoms with E-state index in [0.717, 1.165) is 0 Å². The zero-order valence-electron chi connectivity index (χ0n) is 7.13. The van der Waals surface area contributed by atoms with Crippen molar-refractivity contribution in [1.29, 1.82) is 0 Å². The zero-order valence-corrected chi connectivity index (χ0v) is 7.13. The number of aliphatic hydroxyl groups excluding tert-OH is 1. The van der Waals surface area contributed by atoms with Crippen LogP contribution in [0.4, 0.5) is 8.78 Å². The van der Waals surface area contributed by atoms with Crippen LogP contribution in [-0.4, -0.2) is 12.2 Å². The molecule has 4 heteroatoms. The molecule has 1 aromatic carbocycles. The lowest BCUT2D eigenvalue weighted by Crippen LogP contribution is -1.94. The van der Waals surface area contributed by atoms with Gasteiger partial charge in [-0.2, -0.15) is 0 Å². The lowest BCUT2D eigenvalue weighted by molar-refractivity contribution is 0.146. The quantitative estimate of drug-likeness (QED) is 0.787. The van der Waals surface area contributed by atoms with E-state index in [-0.39, 0.29) is 17.9 Å². The molecule has 0 aromatic heterocycles. The summed E-state index contributed by atoms with van der Waals surface area (Å²) in [6.07, 6.45) is -2.58. The average Bonchev–Trinajstić information content (AvgIpc) is 2.16. The Bertz CT molecular complexity index is 287. The molecule has 0 radical (unpaired) electrons. The summed E-state index contributed by atoms with van der Waals surface area (Å²) >= 11 is 0. The summed E-state index contributed by atoms with van der Waals surface area (Å²) in [4.78, 5) is 0. The van der Waals surface area contributed by atoms with Crippen molar-refractivity contribution in [3.8, 4) is 5.75 Å². The fraction of sp³-hybridized carbons (Fsp3) is 0.333. The third kappa shape index (κ3) is 2.15. The Kier molecular flexibility index (Phi) is 3.19. The molecule has 0 atom stereocenters. The maximum Gasteiger partial charge on any atom is 0.267 e. The maximum atomic E-state index is 12.4. The van der Waals surface area contributed by atoms with Gasteiger partial charge in [-0.25, -0.2) is 8.78 Å². The molecule has 0 spiro atoms. The van der Waals surface area contributed by atoms with Crippen LogP contribution in [-0.2, 0) is 6.61 Å². The number of aliphatic hydroxyl groups is 1. The van der Waals surface area contributed by atoms with Gasteiger partial charge >= 0.3 is 0 Å². The van der Waals surface area contributed by atoms with E-state index in [0.29, 0.717) is 5.56 Å². The van der Waals surface area contributed by atoms with Gasteiger partial charge in [-0.15, -0.1) is 0 Å². The Balaban J connectivity index is 3.10. The van der Waals surface area contributed by atoms with Gasteiger partial charge in [-0.05, 0) is 17.7 Å². The molecule has 72 valence electrons. The number of alkyl halides is 2. The van der Waals surface area contributed by atoms with Crippen molar-refractivity contribution >= 4 is 0 Å². The normalized spacial score (nSPS) is 10.5. The van der Waals surface area contributed by atoms with Gasteiger partial charge in [0, 0.05) is 0 Å². The van der Waals surface area contributed by atoms with Gasteiger partial charge in [-0.1, -0.05) is 6.07 Å². The van der Waals surface area contributed by atoms with E-state index in [4.69, 9.17) is 9.84 Å². The van der Waals surface area contributed by atoms with E-state index in [1.807, 2.05) is 0 Å². The molecule has 0 aliphatic heterocycles. The number of ether oxygens (including phenoxy) is 1. The molecule has 0 saturated heterocycles. The highest BCUT2D eigenvalue weighted by Crippen LogP contribution is 2.29. The fourth-order valence-electron chi connectivity index (χ4n) is 1.05. The molecule has 0 aliphatic carbocycles. The minimum Gasteiger partial charge on any atom is -0.496 e. The molecular weight excluding hydrogens is 178 g/mol. The Morgan fingerprint density at radius 1 is 1.46 bits per heavy atom. The first-order valence-electron chi connectivity index (χ1n) is 3.75. The van der Waals surface area contributed by atoms with Crippen LogP contribution in [0.3, 0.4) is 0 Å². The van der Waals surface area contributed by atoms with Crippen LogP contribution < -0.4 is 4.74 Å². The number of hydrogen-bond donors (Lipinski definition) is 1. The Morgan fingerprint density at radius 2 is 2.15 bits per heavy atom. The monoisotopic (exact) mass is 188 g/mol. The van der Waals surface area contributed by atoms with Crippen LogP contribution in [0.15, 0.2) is 18.2 Å². The van der Waals surface area contributed by atoms with Gasteiger partial charge in [0.15, 0.2) is 0 Å². The highest BCUT2D eigenvalue weighted by molar-refractivity contribution is 5.37. The third-order valence-corrected chi connectivity index (χ3v) is 1.71. The standard InChI is InChI=1S/C9H10F2O2/c1-13-8-3-2-6(5-12)4-7(8)9(10)11/h2-4,9,12H,5H2,1H3. The lowest BCUT2D eigenvalue weighted by Gasteiger charge is -2.08. The second-order valence-electron chi connectivity index (χ2n) is 2.54. The van der Waals surface area contributed by atoms with Gasteiger partial charge in [-0.3, -0.25) is 0 Å². The first kappa shape index (κ1) is 9.92. The van der Waals surface area contributed by atoms with Gasteiger partial charge in [0.05, 0.1) is 19.3 Å². The average molecular weight is 188 g/mol. The highest BCUT2D eigenvalue weighted by Gasteiger charge is 2.13. The van der Waals surface area contributed by atoms with Gasteiger partial charge in [0.2, 0.25) is 0 Å². The minimum absolute atomic E-state index is 0.146. The van der Waals surface area contributed by atoms with Crippen molar-refractivity contribution in [2.45, 2.75) is 13.0 Å². The van der Waals surface area contributed by atoms with Gasteiger partial charge in [0.1, 0.15) is 5.75 Å². The molecule has 13 heavy (non-hydrogen) atoms. The van der Waals surface area contributed by atoms with Crippen LogP contribution in [0.25, 0.3) is 0 Å². The summed E-state index contributed by atoms with van der Waals surface area (Å²) in [7, 11) is 1.33. The molecule has 1 rings (SSSR count). The lowest BCUT2D eigenvalue weighted by atomic mass is 10.1. The largest absolute Gasteiger partial charge is 0.496 e. The third-order valence-electron chi connectivity index (χ3n) is 1.71. The van der Waals surface area contributed by atoms with Crippen molar-refractivity contribution in [3.63, 3.8) is 0 Å². The van der Waals surface area contributed by atoms with Crippen molar-refractivity contribution in [3.05, 3.63) is 29.3 Å². The molecule has 0 unspecified atom stereocenters. The van der Waals surface area contributed by atoms with E-state index in [1.165, 1.54) is 19.2 Å². The Morgan fingerprint density at radius 3 is 2.62 bits per heavy atom. The Labute approximate surface area is 74.8 Å². The van der Waals surface area contributed by atoms with Crippen LogP contribution in [0.5, 0.6) is 5.75 Å². The number of benzene rings is 1. The summed E-state index contributed by atoms with van der Waals surface area (Å²) in [5, 5.41) is 8.72. The second-order valence-corrected chi connectivity index (χ2v) is 2.54. The van der Waals surface area contributed by atoms with Crippen LogP contribution in [0, 0.1) is 0 Å². The molecule has 0 heterocycles.